The Morgan fingerprint density at radius 3 is 2.05 bits per heavy atom. The number of halogens is 10. The van der Waals surface area contributed by atoms with Gasteiger partial charge in [0.15, 0.2) is 0 Å². The van der Waals surface area contributed by atoms with Gasteiger partial charge in [0, 0.05) is 18.2 Å². The number of hydrogen-bond donors (Lipinski definition) is 1. The van der Waals surface area contributed by atoms with Gasteiger partial charge in [-0.05, 0) is 78.6 Å². The summed E-state index contributed by atoms with van der Waals surface area (Å²) < 4.78 is 141. The number of ether oxygens (including phenoxy) is 1. The van der Waals surface area contributed by atoms with Crippen molar-refractivity contribution in [2.45, 2.75) is 76.6 Å². The van der Waals surface area contributed by atoms with Gasteiger partial charge in [0.1, 0.15) is 17.7 Å². The molecule has 0 saturated carbocycles. The Balaban J connectivity index is 1.76. The number of carbonyl (C=O) groups is 1. The van der Waals surface area contributed by atoms with Crippen molar-refractivity contribution < 1.29 is 58.5 Å². The fraction of sp³-hybridized carbons (Fsp3) is 0.483. The molecule has 1 aliphatic heterocycles. The number of amides is 1. The van der Waals surface area contributed by atoms with E-state index in [0.29, 0.717) is 12.1 Å². The highest BCUT2D eigenvalue weighted by Crippen LogP contribution is 2.47. The molecule has 0 bridgehead atoms. The Labute approximate surface area is 239 Å². The molecule has 43 heavy (non-hydrogen) atoms. The monoisotopic (exact) mass is 627 g/mol. The number of allylic oxidation sites excluding steroid dienone is 1. The molecule has 1 amide bonds. The number of phenolic OH excluding ortho intramolecular Hbond substituents is 1. The number of cyclic esters (lactones) is 1. The quantitative estimate of drug-likeness (QED) is 0.336. The molecule has 1 fully saturated rings. The lowest BCUT2D eigenvalue weighted by molar-refractivity contribution is -0.176. The van der Waals surface area contributed by atoms with Gasteiger partial charge < -0.3 is 9.84 Å². The zero-order valence-corrected chi connectivity index (χ0v) is 23.0. The minimum Gasteiger partial charge on any atom is -0.507 e. The smallest absolute Gasteiger partial charge is 0.416 e. The highest BCUT2D eigenvalue weighted by atomic mass is 19.4. The molecule has 0 aromatic heterocycles. The Bertz CT molecular complexity index is 1390. The third-order valence-electron chi connectivity index (χ3n) is 7.88. The van der Waals surface area contributed by atoms with E-state index in [4.69, 9.17) is 4.74 Å². The van der Waals surface area contributed by atoms with E-state index in [0.717, 1.165) is 11.0 Å². The van der Waals surface area contributed by atoms with Crippen molar-refractivity contribution in [3.63, 3.8) is 0 Å². The lowest BCUT2D eigenvalue weighted by Gasteiger charge is -2.32. The number of benzene rings is 2. The van der Waals surface area contributed by atoms with Crippen molar-refractivity contribution in [2.24, 2.45) is 5.92 Å². The number of alkyl halides is 9. The van der Waals surface area contributed by atoms with Crippen molar-refractivity contribution in [1.29, 1.82) is 0 Å². The fourth-order valence-electron chi connectivity index (χ4n) is 5.55. The van der Waals surface area contributed by atoms with E-state index < -0.39 is 83.9 Å². The molecule has 1 saturated heterocycles. The number of carbonyl (C=O) groups excluding carboxylic acids is 1. The van der Waals surface area contributed by atoms with Crippen molar-refractivity contribution >= 4 is 11.7 Å². The first-order valence-corrected chi connectivity index (χ1v) is 13.3. The van der Waals surface area contributed by atoms with Crippen LogP contribution in [0.25, 0.3) is 5.57 Å². The maximum Gasteiger partial charge on any atom is 0.416 e. The van der Waals surface area contributed by atoms with Gasteiger partial charge in [-0.2, -0.15) is 39.5 Å². The van der Waals surface area contributed by atoms with Gasteiger partial charge >= 0.3 is 24.6 Å². The van der Waals surface area contributed by atoms with Crippen LogP contribution in [0.2, 0.25) is 0 Å². The second kappa shape index (κ2) is 11.2. The van der Waals surface area contributed by atoms with Crippen LogP contribution >= 0.6 is 0 Å². The van der Waals surface area contributed by atoms with Gasteiger partial charge in [0.2, 0.25) is 0 Å². The first-order chi connectivity index (χ1) is 19.7. The molecule has 2 aromatic carbocycles. The summed E-state index contributed by atoms with van der Waals surface area (Å²) in [6.45, 7) is 4.13. The lowest BCUT2D eigenvalue weighted by atomic mass is 9.79. The van der Waals surface area contributed by atoms with E-state index in [9.17, 15) is 53.8 Å². The van der Waals surface area contributed by atoms with Crippen LogP contribution in [0.15, 0.2) is 35.9 Å². The number of phenols is 1. The van der Waals surface area contributed by atoms with E-state index in [1.54, 1.807) is 13.8 Å². The van der Waals surface area contributed by atoms with Crippen LogP contribution in [-0.2, 0) is 17.1 Å². The van der Waals surface area contributed by atoms with Crippen LogP contribution in [0, 0.1) is 11.7 Å². The third-order valence-corrected chi connectivity index (χ3v) is 7.88. The second-order valence-corrected chi connectivity index (χ2v) is 11.1. The summed E-state index contributed by atoms with van der Waals surface area (Å²) >= 11 is 0. The minimum absolute atomic E-state index is 0.0506. The van der Waals surface area contributed by atoms with E-state index in [2.05, 4.69) is 0 Å². The topological polar surface area (TPSA) is 49.8 Å². The van der Waals surface area contributed by atoms with Crippen LogP contribution in [0.4, 0.5) is 48.7 Å². The van der Waals surface area contributed by atoms with Gasteiger partial charge in [0.25, 0.3) is 0 Å². The molecule has 1 N–H and O–H groups in total. The highest BCUT2D eigenvalue weighted by Gasteiger charge is 2.46. The molecular formula is C29H27F10NO3. The first kappa shape index (κ1) is 32.5. The van der Waals surface area contributed by atoms with Crippen molar-refractivity contribution in [3.05, 3.63) is 69.5 Å². The predicted octanol–water partition coefficient (Wildman–Crippen LogP) is 9.39. The normalized spacial score (nSPS) is 22.0. The molecule has 4 rings (SSSR count). The van der Waals surface area contributed by atoms with Gasteiger partial charge in [-0.25, -0.2) is 9.18 Å². The molecule has 14 heteroatoms. The Morgan fingerprint density at radius 1 is 0.953 bits per heavy atom. The summed E-state index contributed by atoms with van der Waals surface area (Å²) in [7, 11) is 0. The first-order valence-electron chi connectivity index (χ1n) is 13.3. The number of hydrogen-bond acceptors (Lipinski definition) is 3. The van der Waals surface area contributed by atoms with Crippen LogP contribution in [0.5, 0.6) is 5.75 Å². The van der Waals surface area contributed by atoms with Crippen molar-refractivity contribution in [2.75, 3.05) is 6.54 Å². The zero-order chi connectivity index (χ0) is 32.2. The zero-order valence-electron chi connectivity index (χ0n) is 23.0. The van der Waals surface area contributed by atoms with Crippen LogP contribution < -0.4 is 0 Å². The largest absolute Gasteiger partial charge is 0.507 e. The SMILES string of the molecule is CC(C)c1cc(C2=C(CN3C(=O)O[C@H](c4cc(C(F)(F)F)cc(C(F)(F)F)c4)[C@@H]3C)CC(C(F)(F)F)CC2)c(O)cc1F. The number of aromatic hydroxyl groups is 1. The average Bonchev–Trinajstić information content (AvgIpc) is 3.15. The van der Waals surface area contributed by atoms with E-state index >= 15 is 0 Å². The maximum atomic E-state index is 14.5. The fourth-order valence-corrected chi connectivity index (χ4v) is 5.55. The van der Waals surface area contributed by atoms with Gasteiger partial charge in [-0.3, -0.25) is 4.90 Å². The summed E-state index contributed by atoms with van der Waals surface area (Å²) in [5, 5.41) is 10.5. The molecule has 0 radical (unpaired) electrons. The summed E-state index contributed by atoms with van der Waals surface area (Å²) in [6, 6.07) is 1.78. The summed E-state index contributed by atoms with van der Waals surface area (Å²) in [5.74, 6) is -3.42. The van der Waals surface area contributed by atoms with E-state index in [1.807, 2.05) is 0 Å². The Hall–Kier alpha value is -3.45. The molecule has 1 heterocycles. The third kappa shape index (κ3) is 6.72. The van der Waals surface area contributed by atoms with Crippen molar-refractivity contribution in [3.8, 4) is 5.75 Å². The average molecular weight is 628 g/mol. The highest BCUT2D eigenvalue weighted by molar-refractivity contribution is 5.77. The molecule has 3 atom stereocenters. The second-order valence-electron chi connectivity index (χ2n) is 11.1. The number of rotatable bonds is 5. The lowest BCUT2D eigenvalue weighted by Crippen LogP contribution is -2.36. The summed E-state index contributed by atoms with van der Waals surface area (Å²) in [6.07, 6.45) is -18.8. The van der Waals surface area contributed by atoms with Crippen molar-refractivity contribution in [1.82, 2.24) is 4.90 Å². The van der Waals surface area contributed by atoms with Gasteiger partial charge in [0.05, 0.1) is 23.1 Å². The molecule has 2 aromatic rings. The summed E-state index contributed by atoms with van der Waals surface area (Å²) in [4.78, 5) is 13.8. The molecule has 4 nitrogen and oxygen atoms in total. The molecule has 2 aliphatic rings. The molecule has 236 valence electrons. The summed E-state index contributed by atoms with van der Waals surface area (Å²) in [5.41, 5.74) is -3.26. The molecular weight excluding hydrogens is 600 g/mol. The van der Waals surface area contributed by atoms with Gasteiger partial charge in [-0.15, -0.1) is 0 Å². The molecule has 0 spiro atoms. The van der Waals surface area contributed by atoms with E-state index in [-0.39, 0.29) is 47.1 Å². The molecule has 1 aliphatic carbocycles. The minimum atomic E-state index is -5.15. The molecule has 1 unspecified atom stereocenters. The van der Waals surface area contributed by atoms with Gasteiger partial charge in [-0.1, -0.05) is 13.8 Å². The predicted molar refractivity (Wildman–Crippen MR) is 134 cm³/mol. The van der Waals surface area contributed by atoms with E-state index in [1.165, 1.54) is 13.0 Å². The van der Waals surface area contributed by atoms with Crippen LogP contribution in [0.1, 0.15) is 79.9 Å². The number of nitrogens with zero attached hydrogens (tertiary/aromatic N) is 1. The Kier molecular flexibility index (Phi) is 8.48. The van der Waals surface area contributed by atoms with Crippen LogP contribution in [-0.4, -0.2) is 34.9 Å². The maximum absolute atomic E-state index is 14.5. The Morgan fingerprint density at radius 2 is 1.53 bits per heavy atom. The van der Waals surface area contributed by atoms with Crippen LogP contribution in [0.3, 0.4) is 0 Å². The standard InChI is InChI=1S/C29H27F10NO3/c1-13(2)21-10-22(24(41)11-23(21)30)20-5-4-17(27(31,32)33)8-16(20)12-40-14(3)25(43-26(40)42)15-6-18(28(34,35)36)9-19(7-15)29(37,38)39/h6-7,9-11,13-14,17,25,41H,4-5,8,12H2,1-3H3/t14-,17?,25-/m0/s1.